The van der Waals surface area contributed by atoms with Gasteiger partial charge in [-0.15, -0.1) is 0 Å². The molecule has 2 aliphatic heterocycles. The number of hydrogen-bond donors (Lipinski definition) is 3. The fourth-order valence-corrected chi connectivity index (χ4v) is 3.98. The third-order valence-electron chi connectivity index (χ3n) is 5.77. The molecule has 3 rings (SSSR count). The van der Waals surface area contributed by atoms with Crippen LogP contribution in [-0.2, 0) is 28.6 Å². The molecule has 4 N–H and O–H groups in total. The average Bonchev–Trinajstić information content (AvgIpc) is 3.15. The van der Waals surface area contributed by atoms with Gasteiger partial charge in [0.05, 0.1) is 24.3 Å². The van der Waals surface area contributed by atoms with Gasteiger partial charge in [0.15, 0.2) is 6.61 Å². The first-order valence-corrected chi connectivity index (χ1v) is 12.6. The number of piperidine rings is 1. The van der Waals surface area contributed by atoms with Gasteiger partial charge in [-0.05, 0) is 31.4 Å². The molecule has 1 aromatic rings. The van der Waals surface area contributed by atoms with Gasteiger partial charge in [0.2, 0.25) is 11.8 Å². The van der Waals surface area contributed by atoms with Gasteiger partial charge in [0.25, 0.3) is 17.7 Å². The Kier molecular flexibility index (Phi) is 11.6. The molecule has 1 atom stereocenters. The van der Waals surface area contributed by atoms with Gasteiger partial charge in [-0.3, -0.25) is 34.2 Å². The molecular formula is C25H34N4O9. The summed E-state index contributed by atoms with van der Waals surface area (Å²) in [6.07, 6.45) is 1.61. The highest BCUT2D eigenvalue weighted by Gasteiger charge is 2.46. The number of nitrogens with one attached hydrogen (secondary N) is 2. The Morgan fingerprint density at radius 2 is 1.66 bits per heavy atom. The molecule has 38 heavy (non-hydrogen) atoms. The zero-order valence-electron chi connectivity index (χ0n) is 21.2. The number of carbonyl (C=O) groups excluding carboxylic acids is 5. The van der Waals surface area contributed by atoms with E-state index in [0.29, 0.717) is 46.2 Å². The molecule has 13 nitrogen and oxygen atoms in total. The number of rotatable bonds is 17. The van der Waals surface area contributed by atoms with Gasteiger partial charge in [0.1, 0.15) is 11.8 Å². The van der Waals surface area contributed by atoms with Crippen LogP contribution in [0.15, 0.2) is 18.2 Å². The summed E-state index contributed by atoms with van der Waals surface area (Å²) in [5, 5.41) is 4.80. The molecule has 1 aromatic carbocycles. The Hall–Kier alpha value is -3.39. The molecule has 2 heterocycles. The van der Waals surface area contributed by atoms with Gasteiger partial charge >= 0.3 is 0 Å². The average molecular weight is 535 g/mol. The van der Waals surface area contributed by atoms with Crippen LogP contribution >= 0.6 is 0 Å². The van der Waals surface area contributed by atoms with E-state index in [9.17, 15) is 24.0 Å². The van der Waals surface area contributed by atoms with Gasteiger partial charge in [-0.2, -0.15) is 0 Å². The van der Waals surface area contributed by atoms with Crippen molar-refractivity contribution in [3.8, 4) is 5.75 Å². The van der Waals surface area contributed by atoms with E-state index in [1.165, 1.54) is 18.2 Å². The zero-order valence-corrected chi connectivity index (χ0v) is 21.2. The SMILES string of the molecule is NCCOCCCOCCCOCCNC(=O)COc1cccc2c1C(=O)N(C1CCC(=O)NC1=O)C2=O. The van der Waals surface area contributed by atoms with Crippen LogP contribution in [0.3, 0.4) is 0 Å². The smallest absolute Gasteiger partial charge is 0.266 e. The molecule has 2 aliphatic rings. The predicted octanol–water partition coefficient (Wildman–Crippen LogP) is -0.628. The zero-order chi connectivity index (χ0) is 27.3. The van der Waals surface area contributed by atoms with Gasteiger partial charge in [0, 0.05) is 45.9 Å². The molecule has 13 heteroatoms. The Bertz CT molecular complexity index is 1020. The van der Waals surface area contributed by atoms with E-state index in [1.54, 1.807) is 0 Å². The Balaban J connectivity index is 1.34. The Labute approximate surface area is 220 Å². The van der Waals surface area contributed by atoms with Crippen molar-refractivity contribution in [2.45, 2.75) is 31.7 Å². The number of nitrogens with zero attached hydrogens (tertiary/aromatic N) is 1. The summed E-state index contributed by atoms with van der Waals surface area (Å²) in [4.78, 5) is 62.5. The van der Waals surface area contributed by atoms with Crippen LogP contribution in [0.1, 0.15) is 46.4 Å². The fourth-order valence-electron chi connectivity index (χ4n) is 3.98. The maximum atomic E-state index is 13.0. The monoisotopic (exact) mass is 534 g/mol. The van der Waals surface area contributed by atoms with Gasteiger partial charge in [-0.25, -0.2) is 0 Å². The van der Waals surface area contributed by atoms with Crippen LogP contribution in [0.2, 0.25) is 0 Å². The number of carbonyl (C=O) groups is 5. The lowest BCUT2D eigenvalue weighted by Crippen LogP contribution is -2.54. The standard InChI is InChI=1S/C25H34N4O9/c26-8-14-36-12-2-10-35-11-3-13-37-15-9-27-21(31)16-38-19-5-1-4-17-22(19)25(34)29(24(17)33)18-6-7-20(30)28-23(18)32/h1,4-5,18H,2-3,6-16,26H2,(H,27,31)(H,28,30,32). The number of hydrogen-bond acceptors (Lipinski definition) is 10. The molecule has 1 saturated heterocycles. The highest BCUT2D eigenvalue weighted by Crippen LogP contribution is 2.33. The van der Waals surface area contributed by atoms with E-state index in [2.05, 4.69) is 10.6 Å². The van der Waals surface area contributed by atoms with Crippen molar-refractivity contribution in [3.05, 3.63) is 29.3 Å². The molecule has 208 valence electrons. The van der Waals surface area contributed by atoms with Crippen LogP contribution in [-0.4, -0.2) is 99.8 Å². The van der Waals surface area contributed by atoms with E-state index in [-0.39, 0.29) is 42.9 Å². The minimum atomic E-state index is -1.08. The number of imide groups is 2. The van der Waals surface area contributed by atoms with E-state index in [1.807, 2.05) is 0 Å². The first-order valence-electron chi connectivity index (χ1n) is 12.6. The lowest BCUT2D eigenvalue weighted by atomic mass is 10.0. The minimum absolute atomic E-state index is 0.0105. The summed E-state index contributed by atoms with van der Waals surface area (Å²) < 4.78 is 21.7. The second-order valence-corrected chi connectivity index (χ2v) is 8.60. The normalized spacial score (nSPS) is 17.0. The van der Waals surface area contributed by atoms with Crippen LogP contribution in [0, 0.1) is 0 Å². The molecule has 0 bridgehead atoms. The van der Waals surface area contributed by atoms with E-state index >= 15 is 0 Å². The van der Waals surface area contributed by atoms with Crippen molar-refractivity contribution >= 4 is 29.5 Å². The van der Waals surface area contributed by atoms with Gasteiger partial charge < -0.3 is 30.0 Å². The lowest BCUT2D eigenvalue weighted by Gasteiger charge is -2.27. The number of ether oxygens (including phenoxy) is 4. The van der Waals surface area contributed by atoms with Crippen molar-refractivity contribution in [1.82, 2.24) is 15.5 Å². The highest BCUT2D eigenvalue weighted by molar-refractivity contribution is 6.24. The van der Waals surface area contributed by atoms with E-state index < -0.39 is 35.6 Å². The third kappa shape index (κ3) is 8.05. The van der Waals surface area contributed by atoms with Crippen LogP contribution in [0.25, 0.3) is 0 Å². The van der Waals surface area contributed by atoms with E-state index in [0.717, 1.165) is 17.7 Å². The molecule has 1 fully saturated rings. The summed E-state index contributed by atoms with van der Waals surface area (Å²) in [6.45, 7) is 3.57. The predicted molar refractivity (Wildman–Crippen MR) is 132 cm³/mol. The van der Waals surface area contributed by atoms with Crippen LogP contribution < -0.4 is 21.1 Å². The maximum absolute atomic E-state index is 13.0. The van der Waals surface area contributed by atoms with Crippen LogP contribution in [0.4, 0.5) is 0 Å². The van der Waals surface area contributed by atoms with Crippen molar-refractivity contribution in [2.75, 3.05) is 59.3 Å². The fraction of sp³-hybridized carbons (Fsp3) is 0.560. The van der Waals surface area contributed by atoms with Gasteiger partial charge in [-0.1, -0.05) is 6.07 Å². The first-order chi connectivity index (χ1) is 18.4. The summed E-state index contributed by atoms with van der Waals surface area (Å²) in [7, 11) is 0. The summed E-state index contributed by atoms with van der Waals surface area (Å²) >= 11 is 0. The second kappa shape index (κ2) is 15.1. The van der Waals surface area contributed by atoms with Crippen molar-refractivity contribution in [2.24, 2.45) is 5.73 Å². The van der Waals surface area contributed by atoms with Crippen LogP contribution in [0.5, 0.6) is 5.75 Å². The van der Waals surface area contributed by atoms with Crippen molar-refractivity contribution in [1.29, 1.82) is 0 Å². The number of benzene rings is 1. The first kappa shape index (κ1) is 29.2. The quantitative estimate of drug-likeness (QED) is 0.172. The largest absolute Gasteiger partial charge is 0.483 e. The Morgan fingerprint density at radius 1 is 0.974 bits per heavy atom. The third-order valence-corrected chi connectivity index (χ3v) is 5.77. The molecule has 1 unspecified atom stereocenters. The molecule has 0 aliphatic carbocycles. The summed E-state index contributed by atoms with van der Waals surface area (Å²) in [5.74, 6) is -2.86. The van der Waals surface area contributed by atoms with Crippen molar-refractivity contribution in [3.63, 3.8) is 0 Å². The highest BCUT2D eigenvalue weighted by atomic mass is 16.5. The topological polar surface area (TPSA) is 176 Å². The minimum Gasteiger partial charge on any atom is -0.483 e. The molecule has 0 radical (unpaired) electrons. The maximum Gasteiger partial charge on any atom is 0.266 e. The molecular weight excluding hydrogens is 500 g/mol. The number of nitrogens with two attached hydrogens (primary N) is 1. The molecule has 0 spiro atoms. The summed E-state index contributed by atoms with van der Waals surface area (Å²) in [6, 6.07) is 3.38. The second-order valence-electron chi connectivity index (χ2n) is 8.60. The molecule has 0 saturated carbocycles. The van der Waals surface area contributed by atoms with E-state index in [4.69, 9.17) is 24.7 Å². The lowest BCUT2D eigenvalue weighted by molar-refractivity contribution is -0.136. The van der Waals surface area contributed by atoms with Crippen molar-refractivity contribution < 1.29 is 42.9 Å². The molecule has 0 aromatic heterocycles. The Morgan fingerprint density at radius 3 is 2.34 bits per heavy atom. The summed E-state index contributed by atoms with van der Waals surface area (Å²) in [5.41, 5.74) is 5.40. The number of fused-ring (bicyclic) bond motifs is 1. The number of amides is 5. The molecule has 5 amide bonds.